The number of urea groups is 1. The van der Waals surface area contributed by atoms with Gasteiger partial charge in [-0.05, 0) is 23.3 Å². The van der Waals surface area contributed by atoms with Crippen molar-refractivity contribution < 1.29 is 9.90 Å². The maximum Gasteiger partial charge on any atom is 0.315 e. The number of nitrogens with zero attached hydrogens (tertiary/aromatic N) is 3. The van der Waals surface area contributed by atoms with Crippen LogP contribution in [0.4, 0.5) is 4.79 Å². The van der Waals surface area contributed by atoms with E-state index in [9.17, 15) is 9.90 Å². The molecule has 1 heterocycles. The summed E-state index contributed by atoms with van der Waals surface area (Å²) < 4.78 is 1.82. The van der Waals surface area contributed by atoms with Crippen LogP contribution in [-0.4, -0.2) is 32.0 Å². The number of carbonyl (C=O) groups is 1. The van der Waals surface area contributed by atoms with Gasteiger partial charge in [-0.25, -0.2) is 4.79 Å². The molecular weight excluding hydrogens is 330 g/mol. The number of hydrogen-bond donors (Lipinski definition) is 3. The van der Waals surface area contributed by atoms with Crippen molar-refractivity contribution in [1.82, 2.24) is 25.4 Å². The van der Waals surface area contributed by atoms with Gasteiger partial charge in [0.15, 0.2) is 5.82 Å². The van der Waals surface area contributed by atoms with Crippen LogP contribution in [0.3, 0.4) is 0 Å². The highest BCUT2D eigenvalue weighted by Gasteiger charge is 2.31. The third kappa shape index (κ3) is 3.16. The van der Waals surface area contributed by atoms with Crippen LogP contribution in [0.2, 0.25) is 0 Å². The first-order valence-corrected chi connectivity index (χ1v) is 8.47. The molecule has 0 saturated heterocycles. The molecule has 2 atom stereocenters. The standard InChI is InChI=1S/C19H19N5O2/c25-16-10-13-6-4-5-9-15(13)18(16)22-19(26)20-11-17-23-21-12-24(17)14-7-2-1-3-8-14/h1-9,12,16,18,25H,10-11H2,(H2,20,22,26)/t16-,18+/m1/s1. The number of hydrogen-bond acceptors (Lipinski definition) is 4. The van der Waals surface area contributed by atoms with E-state index in [0.29, 0.717) is 12.2 Å². The zero-order chi connectivity index (χ0) is 17.9. The molecule has 3 N–H and O–H groups in total. The fraction of sp³-hybridized carbons (Fsp3) is 0.211. The number of aliphatic hydroxyl groups excluding tert-OH is 1. The Morgan fingerprint density at radius 1 is 1.15 bits per heavy atom. The Bertz CT molecular complexity index is 909. The van der Waals surface area contributed by atoms with E-state index in [4.69, 9.17) is 0 Å². The molecule has 0 saturated carbocycles. The maximum absolute atomic E-state index is 12.3. The van der Waals surface area contributed by atoms with Crippen LogP contribution in [-0.2, 0) is 13.0 Å². The fourth-order valence-electron chi connectivity index (χ4n) is 3.28. The predicted octanol–water partition coefficient (Wildman–Crippen LogP) is 1.72. The number of fused-ring (bicyclic) bond motifs is 1. The van der Waals surface area contributed by atoms with E-state index in [1.54, 1.807) is 6.33 Å². The van der Waals surface area contributed by atoms with Gasteiger partial charge in [0.05, 0.1) is 18.7 Å². The third-order valence-corrected chi connectivity index (χ3v) is 4.55. The van der Waals surface area contributed by atoms with Crippen molar-refractivity contribution in [3.63, 3.8) is 0 Å². The van der Waals surface area contributed by atoms with Crippen LogP contribution in [0, 0.1) is 0 Å². The number of rotatable bonds is 4. The van der Waals surface area contributed by atoms with Crippen molar-refractivity contribution in [2.45, 2.75) is 25.1 Å². The molecule has 0 aliphatic heterocycles. The Labute approximate surface area is 150 Å². The first-order valence-electron chi connectivity index (χ1n) is 8.47. The molecule has 3 aromatic rings. The van der Waals surface area contributed by atoms with Gasteiger partial charge in [0.2, 0.25) is 0 Å². The fourth-order valence-corrected chi connectivity index (χ4v) is 3.28. The molecule has 0 fully saturated rings. The van der Waals surface area contributed by atoms with Gasteiger partial charge in [0.1, 0.15) is 6.33 Å². The monoisotopic (exact) mass is 349 g/mol. The Balaban J connectivity index is 1.41. The summed E-state index contributed by atoms with van der Waals surface area (Å²) in [6.07, 6.45) is 1.54. The number of benzene rings is 2. The minimum atomic E-state index is -0.619. The number of aromatic nitrogens is 3. The summed E-state index contributed by atoms with van der Waals surface area (Å²) in [6.45, 7) is 0.227. The minimum Gasteiger partial charge on any atom is -0.390 e. The van der Waals surface area contributed by atoms with Gasteiger partial charge in [-0.15, -0.1) is 10.2 Å². The number of amides is 2. The molecule has 1 aliphatic rings. The number of para-hydroxylation sites is 1. The second-order valence-corrected chi connectivity index (χ2v) is 6.23. The highest BCUT2D eigenvalue weighted by atomic mass is 16.3. The van der Waals surface area contributed by atoms with Crippen molar-refractivity contribution >= 4 is 6.03 Å². The molecule has 7 heteroatoms. The molecule has 4 rings (SSSR count). The molecule has 7 nitrogen and oxygen atoms in total. The smallest absolute Gasteiger partial charge is 0.315 e. The highest BCUT2D eigenvalue weighted by Crippen LogP contribution is 2.31. The molecule has 0 bridgehead atoms. The van der Waals surface area contributed by atoms with Crippen molar-refractivity contribution in [3.05, 3.63) is 77.9 Å². The summed E-state index contributed by atoms with van der Waals surface area (Å²) in [5.74, 6) is 0.624. The van der Waals surface area contributed by atoms with Crippen molar-refractivity contribution in [2.75, 3.05) is 0 Å². The first kappa shape index (κ1) is 16.3. The third-order valence-electron chi connectivity index (χ3n) is 4.55. The van der Waals surface area contributed by atoms with Crippen LogP contribution >= 0.6 is 0 Å². The zero-order valence-electron chi connectivity index (χ0n) is 14.0. The summed E-state index contributed by atoms with van der Waals surface area (Å²) in [5.41, 5.74) is 2.95. The summed E-state index contributed by atoms with van der Waals surface area (Å²) >= 11 is 0. The van der Waals surface area contributed by atoms with Gasteiger partial charge in [0, 0.05) is 12.1 Å². The van der Waals surface area contributed by atoms with E-state index in [1.807, 2.05) is 59.2 Å². The van der Waals surface area contributed by atoms with E-state index >= 15 is 0 Å². The Hall–Kier alpha value is -3.19. The Morgan fingerprint density at radius 3 is 2.77 bits per heavy atom. The van der Waals surface area contributed by atoms with Gasteiger partial charge in [-0.2, -0.15) is 0 Å². The molecule has 2 aromatic carbocycles. The minimum absolute atomic E-state index is 0.227. The molecule has 0 radical (unpaired) electrons. The Morgan fingerprint density at radius 2 is 1.92 bits per heavy atom. The average Bonchev–Trinajstić information content (AvgIpc) is 3.25. The predicted molar refractivity (Wildman–Crippen MR) is 95.6 cm³/mol. The van der Waals surface area contributed by atoms with Crippen molar-refractivity contribution in [2.24, 2.45) is 0 Å². The van der Waals surface area contributed by atoms with Crippen LogP contribution < -0.4 is 10.6 Å². The topological polar surface area (TPSA) is 92.1 Å². The van der Waals surface area contributed by atoms with Gasteiger partial charge in [-0.1, -0.05) is 42.5 Å². The lowest BCUT2D eigenvalue weighted by atomic mass is 10.1. The lowest BCUT2D eigenvalue weighted by Crippen LogP contribution is -2.40. The van der Waals surface area contributed by atoms with Gasteiger partial charge >= 0.3 is 6.03 Å². The quantitative estimate of drug-likeness (QED) is 0.669. The molecule has 132 valence electrons. The maximum atomic E-state index is 12.3. The summed E-state index contributed by atoms with van der Waals surface area (Å²) in [5, 5.41) is 23.9. The summed E-state index contributed by atoms with van der Waals surface area (Å²) in [6, 6.07) is 16.7. The normalized spacial score (nSPS) is 18.3. The number of aliphatic hydroxyl groups is 1. The molecule has 2 amide bonds. The second kappa shape index (κ2) is 6.97. The van der Waals surface area contributed by atoms with Gasteiger partial charge < -0.3 is 15.7 Å². The molecular formula is C19H19N5O2. The lowest BCUT2D eigenvalue weighted by Gasteiger charge is -2.18. The van der Waals surface area contributed by atoms with Crippen LogP contribution in [0.1, 0.15) is 23.0 Å². The van der Waals surface area contributed by atoms with E-state index in [1.165, 1.54) is 0 Å². The Kier molecular flexibility index (Phi) is 4.37. The first-order chi connectivity index (χ1) is 12.7. The highest BCUT2D eigenvalue weighted by molar-refractivity contribution is 5.74. The molecule has 26 heavy (non-hydrogen) atoms. The summed E-state index contributed by atoms with van der Waals surface area (Å²) in [4.78, 5) is 12.3. The van der Waals surface area contributed by atoms with Crippen LogP contribution in [0.25, 0.3) is 5.69 Å². The summed E-state index contributed by atoms with van der Waals surface area (Å²) in [7, 11) is 0. The van der Waals surface area contributed by atoms with E-state index in [2.05, 4.69) is 20.8 Å². The molecule has 1 aromatic heterocycles. The lowest BCUT2D eigenvalue weighted by molar-refractivity contribution is 0.142. The van der Waals surface area contributed by atoms with Crippen molar-refractivity contribution in [3.8, 4) is 5.69 Å². The van der Waals surface area contributed by atoms with E-state index in [-0.39, 0.29) is 12.6 Å². The SMILES string of the molecule is O=C(NCc1nncn1-c1ccccc1)N[C@H]1c2ccccc2C[C@H]1O. The van der Waals surface area contributed by atoms with Crippen LogP contribution in [0.15, 0.2) is 60.9 Å². The van der Waals surface area contributed by atoms with Gasteiger partial charge in [0.25, 0.3) is 0 Å². The second-order valence-electron chi connectivity index (χ2n) is 6.23. The van der Waals surface area contributed by atoms with E-state index < -0.39 is 12.1 Å². The van der Waals surface area contributed by atoms with Crippen LogP contribution in [0.5, 0.6) is 0 Å². The van der Waals surface area contributed by atoms with Crippen molar-refractivity contribution in [1.29, 1.82) is 0 Å². The number of nitrogens with one attached hydrogen (secondary N) is 2. The average molecular weight is 349 g/mol. The zero-order valence-corrected chi connectivity index (χ0v) is 14.0. The largest absolute Gasteiger partial charge is 0.390 e. The molecule has 0 unspecified atom stereocenters. The molecule has 1 aliphatic carbocycles. The molecule has 0 spiro atoms. The number of carbonyl (C=O) groups excluding carboxylic acids is 1. The van der Waals surface area contributed by atoms with E-state index in [0.717, 1.165) is 16.8 Å². The van der Waals surface area contributed by atoms with Gasteiger partial charge in [-0.3, -0.25) is 4.57 Å².